The molecule has 0 spiro atoms. The van der Waals surface area contributed by atoms with Gasteiger partial charge in [0.1, 0.15) is 0 Å². The molecular weight excluding hydrogens is 304 g/mol. The minimum absolute atomic E-state index is 0.0567. The van der Waals surface area contributed by atoms with E-state index in [4.69, 9.17) is 5.73 Å². The molecule has 2 N–H and O–H groups in total. The van der Waals surface area contributed by atoms with Gasteiger partial charge in [0.15, 0.2) is 0 Å². The number of halogens is 1. The maximum atomic E-state index is 6.16. The van der Waals surface area contributed by atoms with Crippen LogP contribution < -0.4 is 5.73 Å². The molecule has 1 unspecified atom stereocenters. The Labute approximate surface area is 112 Å². The van der Waals surface area contributed by atoms with Crippen molar-refractivity contribution in [1.29, 1.82) is 0 Å². The minimum Gasteiger partial charge on any atom is -0.323 e. The molecule has 2 aromatic rings. The average molecular weight is 317 g/mol. The Kier molecular flexibility index (Phi) is 3.79. The zero-order chi connectivity index (χ0) is 11.7. The summed E-state index contributed by atoms with van der Waals surface area (Å²) >= 11 is 6.88. The van der Waals surface area contributed by atoms with E-state index in [-0.39, 0.29) is 6.04 Å². The quantitative estimate of drug-likeness (QED) is 0.934. The molecular formula is C11H13BrN2S2. The van der Waals surface area contributed by atoms with Crippen molar-refractivity contribution in [2.45, 2.75) is 26.3 Å². The highest BCUT2D eigenvalue weighted by Gasteiger charge is 2.12. The first-order valence-corrected chi connectivity index (χ1v) is 7.47. The van der Waals surface area contributed by atoms with Crippen LogP contribution in [0.4, 0.5) is 0 Å². The molecule has 2 nitrogen and oxygen atoms in total. The van der Waals surface area contributed by atoms with E-state index in [2.05, 4.69) is 39.3 Å². The van der Waals surface area contributed by atoms with Gasteiger partial charge >= 0.3 is 0 Å². The molecule has 86 valence electrons. The summed E-state index contributed by atoms with van der Waals surface area (Å²) in [6.07, 6.45) is 0.826. The molecule has 0 aliphatic carbocycles. The zero-order valence-electron chi connectivity index (χ0n) is 9.16. The number of nitrogens with zero attached hydrogens (tertiary/aromatic N) is 1. The fourth-order valence-electron chi connectivity index (χ4n) is 1.44. The van der Waals surface area contributed by atoms with Crippen molar-refractivity contribution in [3.63, 3.8) is 0 Å². The number of nitrogens with two attached hydrogens (primary N) is 1. The Bertz CT molecular complexity index is 470. The molecule has 0 saturated heterocycles. The van der Waals surface area contributed by atoms with E-state index in [1.165, 1.54) is 9.75 Å². The molecule has 5 heteroatoms. The van der Waals surface area contributed by atoms with Crippen molar-refractivity contribution in [2.75, 3.05) is 0 Å². The van der Waals surface area contributed by atoms with Crippen molar-refractivity contribution in [3.8, 4) is 0 Å². The van der Waals surface area contributed by atoms with Gasteiger partial charge in [-0.2, -0.15) is 0 Å². The van der Waals surface area contributed by atoms with Gasteiger partial charge in [0.05, 0.1) is 10.7 Å². The van der Waals surface area contributed by atoms with Gasteiger partial charge in [-0.3, -0.25) is 0 Å². The standard InChI is InChI=1S/C11H13BrN2S2/c1-6-7(2)16-11(14-6)4-9(13)10-3-8(12)5-15-10/h3,5,9H,4,13H2,1-2H3. The molecule has 0 saturated carbocycles. The molecule has 0 fully saturated rings. The van der Waals surface area contributed by atoms with E-state index in [9.17, 15) is 0 Å². The smallest absolute Gasteiger partial charge is 0.0950 e. The third-order valence-corrected chi connectivity index (χ3v) is 5.34. The SMILES string of the molecule is Cc1nc(CC(N)c2cc(Br)cs2)sc1C. The van der Waals surface area contributed by atoms with Crippen LogP contribution in [-0.2, 0) is 6.42 Å². The highest BCUT2D eigenvalue weighted by atomic mass is 79.9. The summed E-state index contributed by atoms with van der Waals surface area (Å²) in [6.45, 7) is 4.15. The summed E-state index contributed by atoms with van der Waals surface area (Å²) in [4.78, 5) is 7.01. The molecule has 1 atom stereocenters. The highest BCUT2D eigenvalue weighted by molar-refractivity contribution is 9.10. The first kappa shape index (κ1) is 12.2. The summed E-state index contributed by atoms with van der Waals surface area (Å²) in [7, 11) is 0. The lowest BCUT2D eigenvalue weighted by molar-refractivity contribution is 0.730. The molecule has 2 rings (SSSR count). The van der Waals surface area contributed by atoms with E-state index in [1.54, 1.807) is 22.7 Å². The van der Waals surface area contributed by atoms with Crippen LogP contribution >= 0.6 is 38.6 Å². The van der Waals surface area contributed by atoms with Gasteiger partial charge in [0.2, 0.25) is 0 Å². The second-order valence-corrected chi connectivity index (χ2v) is 6.87. The van der Waals surface area contributed by atoms with Crippen LogP contribution in [0.3, 0.4) is 0 Å². The third-order valence-electron chi connectivity index (χ3n) is 2.42. The Balaban J connectivity index is 2.10. The molecule has 16 heavy (non-hydrogen) atoms. The topological polar surface area (TPSA) is 38.9 Å². The van der Waals surface area contributed by atoms with E-state index in [1.807, 2.05) is 6.92 Å². The first-order valence-electron chi connectivity index (χ1n) is 4.98. The van der Waals surface area contributed by atoms with Gasteiger partial charge in [0, 0.05) is 32.1 Å². The lowest BCUT2D eigenvalue weighted by Crippen LogP contribution is -2.11. The first-order chi connectivity index (χ1) is 7.56. The van der Waals surface area contributed by atoms with Crippen LogP contribution in [0.5, 0.6) is 0 Å². The molecule has 0 aromatic carbocycles. The third kappa shape index (κ3) is 2.71. The summed E-state index contributed by atoms with van der Waals surface area (Å²) in [5.41, 5.74) is 7.28. The van der Waals surface area contributed by atoms with Gasteiger partial charge in [-0.25, -0.2) is 4.98 Å². The largest absolute Gasteiger partial charge is 0.323 e. The van der Waals surface area contributed by atoms with Crippen LogP contribution in [0, 0.1) is 13.8 Å². The summed E-state index contributed by atoms with van der Waals surface area (Å²) in [6, 6.07) is 2.14. The van der Waals surface area contributed by atoms with Crippen molar-refractivity contribution in [1.82, 2.24) is 4.98 Å². The Hall–Kier alpha value is -0.230. The van der Waals surface area contributed by atoms with Gasteiger partial charge in [0.25, 0.3) is 0 Å². The fourth-order valence-corrected chi connectivity index (χ4v) is 3.88. The number of rotatable bonds is 3. The molecule has 0 amide bonds. The number of aromatic nitrogens is 1. The molecule has 0 radical (unpaired) electrons. The van der Waals surface area contributed by atoms with E-state index in [0.717, 1.165) is 21.6 Å². The second kappa shape index (κ2) is 4.96. The summed E-state index contributed by atoms with van der Waals surface area (Å²) in [5.74, 6) is 0. The molecule has 2 aromatic heterocycles. The predicted molar refractivity (Wildman–Crippen MR) is 74.2 cm³/mol. The number of aryl methyl sites for hydroxylation is 2. The second-order valence-electron chi connectivity index (χ2n) is 3.73. The summed E-state index contributed by atoms with van der Waals surface area (Å²) < 4.78 is 1.11. The number of hydrogen-bond donors (Lipinski definition) is 1. The maximum Gasteiger partial charge on any atom is 0.0950 e. The lowest BCUT2D eigenvalue weighted by Gasteiger charge is -2.06. The Morgan fingerprint density at radius 2 is 2.25 bits per heavy atom. The zero-order valence-corrected chi connectivity index (χ0v) is 12.4. The van der Waals surface area contributed by atoms with Crippen LogP contribution in [0.1, 0.15) is 26.5 Å². The van der Waals surface area contributed by atoms with Crippen LogP contribution in [0.2, 0.25) is 0 Å². The minimum atomic E-state index is 0.0567. The van der Waals surface area contributed by atoms with Gasteiger partial charge in [-0.1, -0.05) is 0 Å². The Morgan fingerprint density at radius 1 is 1.50 bits per heavy atom. The average Bonchev–Trinajstić information content (AvgIpc) is 2.75. The number of hydrogen-bond acceptors (Lipinski definition) is 4. The van der Waals surface area contributed by atoms with E-state index < -0.39 is 0 Å². The van der Waals surface area contributed by atoms with Crippen molar-refractivity contribution < 1.29 is 0 Å². The van der Waals surface area contributed by atoms with Crippen LogP contribution in [0.25, 0.3) is 0 Å². The van der Waals surface area contributed by atoms with Crippen LogP contribution in [0.15, 0.2) is 15.9 Å². The monoisotopic (exact) mass is 316 g/mol. The lowest BCUT2D eigenvalue weighted by atomic mass is 10.2. The van der Waals surface area contributed by atoms with Crippen molar-refractivity contribution >= 4 is 38.6 Å². The normalized spacial score (nSPS) is 13.0. The molecule has 2 heterocycles. The van der Waals surface area contributed by atoms with E-state index >= 15 is 0 Å². The fraction of sp³-hybridized carbons (Fsp3) is 0.364. The van der Waals surface area contributed by atoms with E-state index in [0.29, 0.717) is 0 Å². The van der Waals surface area contributed by atoms with Gasteiger partial charge < -0.3 is 5.73 Å². The molecule has 0 bridgehead atoms. The number of thiophene rings is 1. The van der Waals surface area contributed by atoms with Crippen molar-refractivity contribution in [3.05, 3.63) is 36.4 Å². The maximum absolute atomic E-state index is 6.16. The Morgan fingerprint density at radius 3 is 2.75 bits per heavy atom. The molecule has 0 aliphatic rings. The molecule has 0 aliphatic heterocycles. The highest BCUT2D eigenvalue weighted by Crippen LogP contribution is 2.28. The van der Waals surface area contributed by atoms with Gasteiger partial charge in [-0.05, 0) is 35.8 Å². The van der Waals surface area contributed by atoms with Crippen molar-refractivity contribution in [2.24, 2.45) is 5.73 Å². The van der Waals surface area contributed by atoms with Crippen LogP contribution in [-0.4, -0.2) is 4.98 Å². The number of thiazole rings is 1. The summed E-state index contributed by atoms with van der Waals surface area (Å²) in [5, 5.41) is 3.19. The van der Waals surface area contributed by atoms with Gasteiger partial charge in [-0.15, -0.1) is 22.7 Å². The predicted octanol–water partition coefficient (Wildman–Crippen LogP) is 3.83.